The molecule has 0 aliphatic heterocycles. The van der Waals surface area contributed by atoms with E-state index in [1.807, 2.05) is 0 Å². The minimum Gasteiger partial charge on any atom is -0.400 e. The highest BCUT2D eigenvalue weighted by molar-refractivity contribution is 5.81. The monoisotopic (exact) mass is 341 g/mol. The standard InChI is InChI=1S/C14H10F3N3O4/c15-14(16,17)10-3-1-2-9(6-10)7-12(21)19-18-8-11-4-5-13(24-11)20(22)23/h1-6,8H,7H2,(H,19,21)/b18-8+. The Kier molecular flexibility index (Phi) is 4.97. The number of benzene rings is 1. The molecule has 1 aromatic carbocycles. The summed E-state index contributed by atoms with van der Waals surface area (Å²) < 4.78 is 42.5. The SMILES string of the molecule is O=C(Cc1cccc(C(F)(F)F)c1)N/N=C/c1ccc([N+](=O)[O-])o1. The van der Waals surface area contributed by atoms with Crippen molar-refractivity contribution in [3.05, 3.63) is 63.4 Å². The molecule has 0 unspecified atom stereocenters. The Labute approximate surface area is 132 Å². The molecule has 10 heteroatoms. The van der Waals surface area contributed by atoms with E-state index >= 15 is 0 Å². The fourth-order valence-corrected chi connectivity index (χ4v) is 1.76. The van der Waals surface area contributed by atoms with Gasteiger partial charge in [-0.1, -0.05) is 18.2 Å². The third-order valence-corrected chi connectivity index (χ3v) is 2.79. The molecule has 7 nitrogen and oxygen atoms in total. The molecule has 1 aromatic heterocycles. The third-order valence-electron chi connectivity index (χ3n) is 2.79. The first kappa shape index (κ1) is 17.2. The molecule has 2 aromatic rings. The van der Waals surface area contributed by atoms with Crippen LogP contribution in [0.3, 0.4) is 0 Å². The largest absolute Gasteiger partial charge is 0.433 e. The van der Waals surface area contributed by atoms with Crippen molar-refractivity contribution in [3.8, 4) is 0 Å². The number of carbonyl (C=O) groups excluding carboxylic acids is 1. The second kappa shape index (κ2) is 6.94. The van der Waals surface area contributed by atoms with Crippen molar-refractivity contribution >= 4 is 18.0 Å². The molecule has 24 heavy (non-hydrogen) atoms. The van der Waals surface area contributed by atoms with Crippen LogP contribution in [0.25, 0.3) is 0 Å². The number of hydrogen-bond acceptors (Lipinski definition) is 5. The van der Waals surface area contributed by atoms with Crippen LogP contribution in [0.5, 0.6) is 0 Å². The number of carbonyl (C=O) groups is 1. The predicted octanol–water partition coefficient (Wildman–Crippen LogP) is 2.90. The number of amides is 1. The van der Waals surface area contributed by atoms with Crippen molar-refractivity contribution in [2.45, 2.75) is 12.6 Å². The van der Waals surface area contributed by atoms with Crippen LogP contribution in [0.15, 0.2) is 45.9 Å². The van der Waals surface area contributed by atoms with Crippen LogP contribution in [0.4, 0.5) is 19.1 Å². The minimum atomic E-state index is -4.49. The van der Waals surface area contributed by atoms with Gasteiger partial charge in [0.05, 0.1) is 24.3 Å². The average Bonchev–Trinajstić information content (AvgIpc) is 2.96. The molecule has 0 fully saturated rings. The number of rotatable bonds is 5. The van der Waals surface area contributed by atoms with Crippen LogP contribution >= 0.6 is 0 Å². The zero-order chi connectivity index (χ0) is 17.7. The predicted molar refractivity (Wildman–Crippen MR) is 76.2 cm³/mol. The number of alkyl halides is 3. The van der Waals surface area contributed by atoms with Gasteiger partial charge in [-0.2, -0.15) is 18.3 Å². The van der Waals surface area contributed by atoms with E-state index in [1.54, 1.807) is 0 Å². The van der Waals surface area contributed by atoms with Gasteiger partial charge in [-0.05, 0) is 17.7 Å². The van der Waals surface area contributed by atoms with Gasteiger partial charge in [-0.15, -0.1) is 0 Å². The Hall–Kier alpha value is -3.17. The van der Waals surface area contributed by atoms with E-state index in [-0.39, 0.29) is 17.7 Å². The van der Waals surface area contributed by atoms with E-state index in [9.17, 15) is 28.1 Å². The molecular weight excluding hydrogens is 331 g/mol. The van der Waals surface area contributed by atoms with E-state index in [4.69, 9.17) is 4.42 Å². The van der Waals surface area contributed by atoms with Gasteiger partial charge in [-0.25, -0.2) is 5.43 Å². The van der Waals surface area contributed by atoms with E-state index < -0.39 is 28.5 Å². The second-order valence-corrected chi connectivity index (χ2v) is 4.60. The number of nitrogens with one attached hydrogen (secondary N) is 1. The number of nitro groups is 1. The lowest BCUT2D eigenvalue weighted by atomic mass is 10.1. The van der Waals surface area contributed by atoms with Gasteiger partial charge in [0.1, 0.15) is 4.92 Å². The van der Waals surface area contributed by atoms with Crippen molar-refractivity contribution in [2.75, 3.05) is 0 Å². The quantitative estimate of drug-likeness (QED) is 0.513. The van der Waals surface area contributed by atoms with Crippen molar-refractivity contribution < 1.29 is 27.3 Å². The van der Waals surface area contributed by atoms with Crippen LogP contribution in [-0.4, -0.2) is 17.0 Å². The highest BCUT2D eigenvalue weighted by Gasteiger charge is 2.30. The van der Waals surface area contributed by atoms with Gasteiger partial charge in [0.2, 0.25) is 5.91 Å². The maximum Gasteiger partial charge on any atom is 0.433 e. The Balaban J connectivity index is 1.93. The molecule has 0 atom stereocenters. The first-order valence-electron chi connectivity index (χ1n) is 6.48. The van der Waals surface area contributed by atoms with Gasteiger partial charge >= 0.3 is 12.1 Å². The molecule has 0 saturated heterocycles. The minimum absolute atomic E-state index is 0.0427. The van der Waals surface area contributed by atoms with Gasteiger partial charge < -0.3 is 4.42 Å². The fraction of sp³-hybridized carbons (Fsp3) is 0.143. The van der Waals surface area contributed by atoms with Crippen molar-refractivity contribution in [1.29, 1.82) is 0 Å². The first-order valence-corrected chi connectivity index (χ1v) is 6.48. The lowest BCUT2D eigenvalue weighted by Crippen LogP contribution is -2.20. The molecule has 1 N–H and O–H groups in total. The normalized spacial score (nSPS) is 11.6. The highest BCUT2D eigenvalue weighted by atomic mass is 19.4. The first-order chi connectivity index (χ1) is 11.3. The summed E-state index contributed by atoms with van der Waals surface area (Å²) in [6, 6.07) is 6.76. The van der Waals surface area contributed by atoms with Crippen LogP contribution in [0, 0.1) is 10.1 Å². The van der Waals surface area contributed by atoms with Crippen LogP contribution in [0.2, 0.25) is 0 Å². The van der Waals surface area contributed by atoms with Crippen molar-refractivity contribution in [1.82, 2.24) is 5.43 Å². The van der Waals surface area contributed by atoms with E-state index in [0.717, 1.165) is 24.4 Å². The lowest BCUT2D eigenvalue weighted by molar-refractivity contribution is -0.402. The summed E-state index contributed by atoms with van der Waals surface area (Å²) in [6.07, 6.45) is -3.75. The molecule has 0 bridgehead atoms. The average molecular weight is 341 g/mol. The summed E-state index contributed by atoms with van der Waals surface area (Å²) in [4.78, 5) is 21.3. The molecular formula is C14H10F3N3O4. The van der Waals surface area contributed by atoms with Gasteiger partial charge in [0.25, 0.3) is 0 Å². The van der Waals surface area contributed by atoms with Crippen LogP contribution < -0.4 is 5.43 Å². The number of furan rings is 1. The fourth-order valence-electron chi connectivity index (χ4n) is 1.76. The van der Waals surface area contributed by atoms with Gasteiger partial charge in [0.15, 0.2) is 5.76 Å². The van der Waals surface area contributed by atoms with Gasteiger partial charge in [0, 0.05) is 0 Å². The Morgan fingerprint density at radius 3 is 2.71 bits per heavy atom. The zero-order valence-corrected chi connectivity index (χ0v) is 11.9. The molecule has 1 heterocycles. The lowest BCUT2D eigenvalue weighted by Gasteiger charge is -2.08. The number of nitrogens with zero attached hydrogens (tertiary/aromatic N) is 2. The Morgan fingerprint density at radius 2 is 2.08 bits per heavy atom. The maximum atomic E-state index is 12.6. The summed E-state index contributed by atoms with van der Waals surface area (Å²) in [7, 11) is 0. The summed E-state index contributed by atoms with van der Waals surface area (Å²) in [5, 5.41) is 13.9. The molecule has 1 amide bonds. The summed E-state index contributed by atoms with van der Waals surface area (Å²) in [5.41, 5.74) is 1.42. The number of halogens is 3. The van der Waals surface area contributed by atoms with E-state index in [2.05, 4.69) is 10.5 Å². The number of hydrazone groups is 1. The van der Waals surface area contributed by atoms with Crippen LogP contribution in [0.1, 0.15) is 16.9 Å². The molecule has 0 aliphatic carbocycles. The maximum absolute atomic E-state index is 12.6. The molecule has 0 saturated carbocycles. The topological polar surface area (TPSA) is 97.7 Å². The highest BCUT2D eigenvalue weighted by Crippen LogP contribution is 2.29. The van der Waals surface area contributed by atoms with Crippen LogP contribution in [-0.2, 0) is 17.4 Å². The smallest absolute Gasteiger partial charge is 0.400 e. The second-order valence-electron chi connectivity index (χ2n) is 4.60. The van der Waals surface area contributed by atoms with Crippen molar-refractivity contribution in [2.24, 2.45) is 5.10 Å². The summed E-state index contributed by atoms with van der Waals surface area (Å²) in [5.74, 6) is -1.08. The number of hydrogen-bond donors (Lipinski definition) is 1. The molecule has 2 rings (SSSR count). The molecule has 126 valence electrons. The summed E-state index contributed by atoms with van der Waals surface area (Å²) in [6.45, 7) is 0. The molecule has 0 aliphatic rings. The molecule has 0 radical (unpaired) electrons. The van der Waals surface area contributed by atoms with E-state index in [0.29, 0.717) is 0 Å². The van der Waals surface area contributed by atoms with E-state index in [1.165, 1.54) is 18.2 Å². The summed E-state index contributed by atoms with van der Waals surface area (Å²) >= 11 is 0. The molecule has 0 spiro atoms. The Bertz CT molecular complexity index is 784. The van der Waals surface area contributed by atoms with Crippen molar-refractivity contribution in [3.63, 3.8) is 0 Å². The van der Waals surface area contributed by atoms with Gasteiger partial charge in [-0.3, -0.25) is 14.9 Å². The third kappa shape index (κ3) is 4.66. The zero-order valence-electron chi connectivity index (χ0n) is 11.9. The Morgan fingerprint density at radius 1 is 1.33 bits per heavy atom.